The van der Waals surface area contributed by atoms with E-state index >= 15 is 0 Å². The van der Waals surface area contributed by atoms with Gasteiger partial charge in [-0.25, -0.2) is 21.5 Å². The van der Waals surface area contributed by atoms with Gasteiger partial charge in [-0.1, -0.05) is 11.8 Å². The Morgan fingerprint density at radius 2 is 1.69 bits per heavy atom. The molecule has 0 atom stereocenters. The zero-order valence-electron chi connectivity index (χ0n) is 17.6. The van der Waals surface area contributed by atoms with E-state index in [1.165, 1.54) is 19.1 Å². The molecule has 0 spiro atoms. The molecule has 3 rings (SSSR count). The minimum absolute atomic E-state index is 0. The number of aromatic nitrogens is 2. The molecule has 177 valence electrons. The van der Waals surface area contributed by atoms with E-state index in [-0.39, 0.29) is 63.9 Å². The average Bonchev–Trinajstić information content (AvgIpc) is 2.99. The maximum atomic E-state index is 12.7. The molecule has 0 bridgehead atoms. The van der Waals surface area contributed by atoms with Crippen molar-refractivity contribution in [3.63, 3.8) is 0 Å². The third kappa shape index (κ3) is 6.67. The van der Waals surface area contributed by atoms with Gasteiger partial charge >= 0.3 is 46.9 Å². The molecule has 0 aliphatic heterocycles. The molecule has 35 heavy (non-hydrogen) atoms. The van der Waals surface area contributed by atoms with E-state index in [0.717, 1.165) is 23.0 Å². The molecule has 1 radical (unpaired) electrons. The average molecular weight is 569 g/mol. The zero-order valence-corrected chi connectivity index (χ0v) is 22.5. The van der Waals surface area contributed by atoms with Crippen LogP contribution < -0.4 is 39.8 Å². The Morgan fingerprint density at radius 1 is 1.06 bits per heavy atom. The molecule has 0 aliphatic carbocycles. The van der Waals surface area contributed by atoms with Gasteiger partial charge < -0.3 is 19.3 Å². The number of nitrogens with zero attached hydrogens (tertiary/aromatic N) is 4. The largest absolute Gasteiger partial charge is 3.00 e. The molecule has 1 heterocycles. The van der Waals surface area contributed by atoms with Crippen LogP contribution in [0.25, 0.3) is 5.69 Å². The molecule has 2 aromatic carbocycles. The smallest absolute Gasteiger partial charge is 0.870 e. The molecule has 14 nitrogen and oxygen atoms in total. The van der Waals surface area contributed by atoms with Crippen molar-refractivity contribution in [1.29, 1.82) is 0 Å². The van der Waals surface area contributed by atoms with Gasteiger partial charge in [0.1, 0.15) is 20.2 Å². The van der Waals surface area contributed by atoms with Crippen molar-refractivity contribution in [2.45, 2.75) is 16.7 Å². The molecule has 3 aromatic rings. The minimum Gasteiger partial charge on any atom is -0.870 e. The third-order valence-electron chi connectivity index (χ3n) is 4.25. The van der Waals surface area contributed by atoms with Gasteiger partial charge in [0, 0.05) is 29.8 Å². The number of nitro benzene ring substituents is 1. The first-order valence-electron chi connectivity index (χ1n) is 8.52. The molecular formula is C17H10CrN4NaO10S2. The molecular weight excluding hydrogens is 559 g/mol. The van der Waals surface area contributed by atoms with Crippen LogP contribution in [-0.2, 0) is 37.6 Å². The van der Waals surface area contributed by atoms with Crippen molar-refractivity contribution in [2.24, 2.45) is 4.99 Å². The van der Waals surface area contributed by atoms with Gasteiger partial charge in [-0.05, 0) is 25.1 Å². The summed E-state index contributed by atoms with van der Waals surface area (Å²) < 4.78 is 68.2. The minimum atomic E-state index is -5.35. The summed E-state index contributed by atoms with van der Waals surface area (Å²) in [6, 6.07) is 5.38. The van der Waals surface area contributed by atoms with Gasteiger partial charge in [0.25, 0.3) is 5.69 Å². The number of aliphatic imine (C=N–C) groups is 1. The number of hydrogen-bond acceptors (Lipinski definition) is 12. The summed E-state index contributed by atoms with van der Waals surface area (Å²) >= 11 is 0. The van der Waals surface area contributed by atoms with E-state index in [2.05, 4.69) is 10.1 Å². The van der Waals surface area contributed by atoms with E-state index in [1.807, 2.05) is 0 Å². The van der Waals surface area contributed by atoms with Crippen LogP contribution in [0.15, 0.2) is 51.2 Å². The van der Waals surface area contributed by atoms with Crippen molar-refractivity contribution in [3.05, 3.63) is 57.8 Å². The van der Waals surface area contributed by atoms with Crippen LogP contribution in [0.3, 0.4) is 0 Å². The van der Waals surface area contributed by atoms with Gasteiger partial charge in [0.15, 0.2) is 0 Å². The predicted octanol–water partition coefficient (Wildman–Crippen LogP) is -3.20. The van der Waals surface area contributed by atoms with Crippen LogP contribution in [0.5, 0.6) is 11.6 Å². The summed E-state index contributed by atoms with van der Waals surface area (Å²) in [5, 5.41) is 39.9. The Kier molecular flexibility index (Phi) is 9.79. The predicted molar refractivity (Wildman–Crippen MR) is 103 cm³/mol. The fourth-order valence-electron chi connectivity index (χ4n) is 2.71. The van der Waals surface area contributed by atoms with Crippen LogP contribution in [0.1, 0.15) is 11.3 Å². The number of aryl methyl sites for hydroxylation is 1. The first-order valence-corrected chi connectivity index (χ1v) is 11.3. The van der Waals surface area contributed by atoms with Crippen molar-refractivity contribution in [2.75, 3.05) is 0 Å². The Labute approximate surface area is 231 Å². The summed E-state index contributed by atoms with van der Waals surface area (Å²) in [6.45, 7) is 1.35. The Hall–Kier alpha value is -2.33. The van der Waals surface area contributed by atoms with Crippen LogP contribution in [0.4, 0.5) is 11.4 Å². The van der Waals surface area contributed by atoms with Gasteiger partial charge in [0.2, 0.25) is 0 Å². The Balaban J connectivity index is 0.00000306. The van der Waals surface area contributed by atoms with Gasteiger partial charge in [-0.15, -0.1) is 0 Å². The quantitative estimate of drug-likeness (QED) is 0.0942. The Morgan fingerprint density at radius 3 is 2.23 bits per heavy atom. The molecule has 0 fully saturated rings. The number of nitro groups is 1. The SMILES string of the molecule is Cc1nn(-c2cccc(S(=O)(=O)[O-])c2)c([O-])c1C=Nc1cc([N+](=O)[O-])cc(S(=O)(=O)[O-])c1[O-].[Cr+3].[Na+]. The molecule has 0 amide bonds. The second-order valence-electron chi connectivity index (χ2n) is 6.43. The van der Waals surface area contributed by atoms with Crippen molar-refractivity contribution >= 4 is 37.8 Å². The molecule has 0 saturated carbocycles. The van der Waals surface area contributed by atoms with Gasteiger partial charge in [-0.3, -0.25) is 15.1 Å². The molecule has 0 saturated heterocycles. The van der Waals surface area contributed by atoms with E-state index < -0.39 is 58.0 Å². The summed E-state index contributed by atoms with van der Waals surface area (Å²) in [6.07, 6.45) is 0.789. The first kappa shape index (κ1) is 30.7. The maximum absolute atomic E-state index is 12.7. The van der Waals surface area contributed by atoms with Crippen LogP contribution in [0.2, 0.25) is 0 Å². The number of benzene rings is 2. The summed E-state index contributed by atoms with van der Waals surface area (Å²) in [4.78, 5) is 11.6. The fourth-order valence-corrected chi connectivity index (χ4v) is 3.81. The molecule has 1 aromatic heterocycles. The second-order valence-corrected chi connectivity index (χ2v) is 9.16. The topological polar surface area (TPSA) is 234 Å². The van der Waals surface area contributed by atoms with E-state index in [9.17, 15) is 46.3 Å². The van der Waals surface area contributed by atoms with Crippen molar-refractivity contribution in [3.8, 4) is 17.3 Å². The number of hydrogen-bond donors (Lipinski definition) is 0. The van der Waals surface area contributed by atoms with Crippen LogP contribution in [0, 0.1) is 17.0 Å². The standard InChI is InChI=1S/C17H14N4O10S2.Cr.Na/c1-9-13(17(23)20(19-9)10-3-2-4-12(5-10)32(26,27)28)8-18-14-6-11(21(24)25)7-15(16(14)22)33(29,30)31;;/h2-8,22-23H,1H3,(H,26,27,28)(H,29,30,31);;/q;+3;+1/p-4. The van der Waals surface area contributed by atoms with E-state index in [0.29, 0.717) is 12.1 Å². The molecule has 0 aliphatic rings. The van der Waals surface area contributed by atoms with Gasteiger partial charge in [-0.2, -0.15) is 5.10 Å². The zero-order chi connectivity index (χ0) is 24.7. The normalized spacial score (nSPS) is 11.6. The van der Waals surface area contributed by atoms with Crippen molar-refractivity contribution < 1.29 is 88.0 Å². The molecule has 0 unspecified atom stereocenters. The third-order valence-corrected chi connectivity index (χ3v) is 5.92. The monoisotopic (exact) mass is 569 g/mol. The molecule has 0 N–H and O–H groups in total. The summed E-state index contributed by atoms with van der Waals surface area (Å²) in [5.74, 6) is -2.26. The second kappa shape index (κ2) is 11.2. The van der Waals surface area contributed by atoms with E-state index in [4.69, 9.17) is 0 Å². The molecule has 18 heteroatoms. The van der Waals surface area contributed by atoms with E-state index in [1.54, 1.807) is 0 Å². The fraction of sp³-hybridized carbons (Fsp3) is 0.0588. The maximum Gasteiger partial charge on any atom is 3.00 e. The summed E-state index contributed by atoms with van der Waals surface area (Å²) in [5.41, 5.74) is -1.94. The number of non-ortho nitro benzene ring substituents is 1. The van der Waals surface area contributed by atoms with Crippen molar-refractivity contribution in [1.82, 2.24) is 9.78 Å². The van der Waals surface area contributed by atoms with Crippen LogP contribution >= 0.6 is 0 Å². The Bertz CT molecular complexity index is 1540. The number of rotatable bonds is 6. The van der Waals surface area contributed by atoms with Gasteiger partial charge in [0.05, 0.1) is 31.8 Å². The first-order chi connectivity index (χ1) is 15.2. The van der Waals surface area contributed by atoms with Crippen LogP contribution in [-0.4, -0.2) is 46.9 Å². The summed E-state index contributed by atoms with van der Waals surface area (Å²) in [7, 11) is -10.2.